The molecule has 0 saturated heterocycles. The third-order valence-electron chi connectivity index (χ3n) is 2.00. The van der Waals surface area contributed by atoms with E-state index < -0.39 is 0 Å². The number of aryl methyl sites for hydroxylation is 1. The number of hydrogen-bond acceptors (Lipinski definition) is 4. The van der Waals surface area contributed by atoms with E-state index in [-0.39, 0.29) is 10.7 Å². The fourth-order valence-electron chi connectivity index (χ4n) is 1.36. The van der Waals surface area contributed by atoms with Crippen molar-refractivity contribution in [1.82, 2.24) is 0 Å². The highest BCUT2D eigenvalue weighted by Crippen LogP contribution is 2.14. The Hall–Kier alpha value is -1.20. The lowest BCUT2D eigenvalue weighted by Crippen LogP contribution is -2.10. The molecule has 0 saturated carbocycles. The molecule has 0 aliphatic rings. The van der Waals surface area contributed by atoms with Crippen molar-refractivity contribution >= 4 is 26.6 Å². The number of methoxy groups -OCH3 is 1. The molecular formula is C11H13BrN2O2. The molecule has 2 N–H and O–H groups in total. The van der Waals surface area contributed by atoms with Gasteiger partial charge in [-0.2, -0.15) is 0 Å². The Morgan fingerprint density at radius 3 is 2.62 bits per heavy atom. The third kappa shape index (κ3) is 3.43. The Kier molecular flexibility index (Phi) is 4.64. The summed E-state index contributed by atoms with van der Waals surface area (Å²) in [5.74, 6) is -0.0612. The van der Waals surface area contributed by atoms with E-state index in [4.69, 9.17) is 20.3 Å². The van der Waals surface area contributed by atoms with Crippen LogP contribution in [0, 0.1) is 17.7 Å². The van der Waals surface area contributed by atoms with Crippen LogP contribution in [-0.2, 0) is 16.1 Å². The Labute approximate surface area is 103 Å². The maximum absolute atomic E-state index is 7.70. The van der Waals surface area contributed by atoms with Crippen molar-refractivity contribution in [2.45, 2.75) is 13.5 Å². The lowest BCUT2D eigenvalue weighted by molar-refractivity contribution is 0.184. The topological polar surface area (TPSA) is 66.2 Å². The average Bonchev–Trinajstić information content (AvgIpc) is 2.17. The van der Waals surface area contributed by atoms with Crippen LogP contribution in [0.4, 0.5) is 0 Å². The van der Waals surface area contributed by atoms with E-state index >= 15 is 0 Å². The monoisotopic (exact) mass is 284 g/mol. The van der Waals surface area contributed by atoms with Crippen molar-refractivity contribution in [3.8, 4) is 0 Å². The van der Waals surface area contributed by atoms with Crippen molar-refractivity contribution in [2.24, 2.45) is 0 Å². The molecule has 0 amide bonds. The van der Waals surface area contributed by atoms with Gasteiger partial charge >= 0.3 is 0 Å². The third-order valence-corrected chi connectivity index (χ3v) is 2.16. The molecule has 0 bridgehead atoms. The van der Waals surface area contributed by atoms with Crippen molar-refractivity contribution in [3.05, 3.63) is 34.9 Å². The van der Waals surface area contributed by atoms with Gasteiger partial charge in [-0.1, -0.05) is 17.7 Å². The number of nitrogens with one attached hydrogen (secondary N) is 2. The lowest BCUT2D eigenvalue weighted by atomic mass is 10.1. The molecular weight excluding hydrogens is 272 g/mol. The first-order valence-corrected chi connectivity index (χ1v) is 5.43. The summed E-state index contributed by atoms with van der Waals surface area (Å²) in [5, 5.41) is 14.8. The molecule has 1 rings (SSSR count). The summed E-state index contributed by atoms with van der Waals surface area (Å²) in [6, 6.07) is 5.63. The maximum Gasteiger partial charge on any atom is 0.258 e. The van der Waals surface area contributed by atoms with Crippen LogP contribution in [0.2, 0.25) is 0 Å². The molecule has 1 aromatic carbocycles. The molecule has 5 heteroatoms. The molecule has 0 aliphatic heterocycles. The molecule has 86 valence electrons. The molecule has 0 spiro atoms. The van der Waals surface area contributed by atoms with Crippen LogP contribution >= 0.6 is 15.9 Å². The van der Waals surface area contributed by atoms with E-state index in [0.717, 1.165) is 11.1 Å². The van der Waals surface area contributed by atoms with Gasteiger partial charge < -0.3 is 9.47 Å². The van der Waals surface area contributed by atoms with E-state index in [9.17, 15) is 0 Å². The Morgan fingerprint density at radius 1 is 1.38 bits per heavy atom. The van der Waals surface area contributed by atoms with Gasteiger partial charge in [-0.3, -0.25) is 10.8 Å². The minimum atomic E-state index is -0.179. The number of hydrogen-bond donors (Lipinski definition) is 2. The highest BCUT2D eigenvalue weighted by molar-refractivity contribution is 9.18. The van der Waals surface area contributed by atoms with Crippen molar-refractivity contribution in [1.29, 1.82) is 10.8 Å². The predicted octanol–water partition coefficient (Wildman–Crippen LogP) is 2.81. The van der Waals surface area contributed by atoms with Gasteiger partial charge in [0.05, 0.1) is 6.61 Å². The Bertz CT molecular complexity index is 418. The zero-order chi connectivity index (χ0) is 12.1. The number of ether oxygens (including phenoxy) is 2. The summed E-state index contributed by atoms with van der Waals surface area (Å²) in [6.45, 7) is 2.39. The summed E-state index contributed by atoms with van der Waals surface area (Å²) in [5.41, 5.74) is 2.61. The van der Waals surface area contributed by atoms with Gasteiger partial charge in [0, 0.05) is 28.6 Å². The second-order valence-corrected chi connectivity index (χ2v) is 4.02. The van der Waals surface area contributed by atoms with Crippen molar-refractivity contribution < 1.29 is 9.47 Å². The first kappa shape index (κ1) is 12.9. The molecule has 0 aromatic heterocycles. The van der Waals surface area contributed by atoms with E-state index in [1.54, 1.807) is 13.2 Å². The van der Waals surface area contributed by atoms with Crippen LogP contribution in [0.1, 0.15) is 16.7 Å². The highest BCUT2D eigenvalue weighted by atomic mass is 79.9. The quantitative estimate of drug-likeness (QED) is 0.662. The fraction of sp³-hybridized carbons (Fsp3) is 0.273. The minimum absolute atomic E-state index is 0.0612. The Balaban J connectivity index is 3.02. The van der Waals surface area contributed by atoms with Crippen LogP contribution in [-0.4, -0.2) is 17.8 Å². The van der Waals surface area contributed by atoms with E-state index in [0.29, 0.717) is 12.2 Å². The van der Waals surface area contributed by atoms with Gasteiger partial charge in [-0.05, 0) is 18.6 Å². The predicted molar refractivity (Wildman–Crippen MR) is 66.5 cm³/mol. The molecule has 4 nitrogen and oxygen atoms in total. The van der Waals surface area contributed by atoms with Gasteiger partial charge in [-0.15, -0.1) is 0 Å². The first-order chi connectivity index (χ1) is 7.54. The van der Waals surface area contributed by atoms with Crippen LogP contribution in [0.3, 0.4) is 0 Å². The largest absolute Gasteiger partial charge is 0.415 e. The molecule has 16 heavy (non-hydrogen) atoms. The zero-order valence-corrected chi connectivity index (χ0v) is 10.7. The van der Waals surface area contributed by atoms with Gasteiger partial charge in [0.1, 0.15) is 0 Å². The normalized spacial score (nSPS) is 9.94. The molecule has 0 heterocycles. The highest BCUT2D eigenvalue weighted by Gasteiger charge is 2.10. The second-order valence-electron chi connectivity index (χ2n) is 3.30. The Morgan fingerprint density at radius 2 is 2.06 bits per heavy atom. The molecule has 0 fully saturated rings. The van der Waals surface area contributed by atoms with E-state index in [2.05, 4.69) is 15.9 Å². The summed E-state index contributed by atoms with van der Waals surface area (Å²) in [6.07, 6.45) is 0. The van der Waals surface area contributed by atoms with Crippen molar-refractivity contribution in [2.75, 3.05) is 7.11 Å². The summed E-state index contributed by atoms with van der Waals surface area (Å²) >= 11 is 2.84. The fourth-order valence-corrected chi connectivity index (χ4v) is 1.53. The lowest BCUT2D eigenvalue weighted by Gasteiger charge is -2.10. The van der Waals surface area contributed by atoms with Gasteiger partial charge in [-0.25, -0.2) is 0 Å². The summed E-state index contributed by atoms with van der Waals surface area (Å²) < 4.78 is 9.95. The molecule has 0 aliphatic carbocycles. The summed E-state index contributed by atoms with van der Waals surface area (Å²) in [7, 11) is 1.60. The van der Waals surface area contributed by atoms with E-state index in [1.165, 1.54) is 0 Å². The van der Waals surface area contributed by atoms with Crippen LogP contribution in [0.5, 0.6) is 0 Å². The second kappa shape index (κ2) is 5.77. The zero-order valence-electron chi connectivity index (χ0n) is 9.13. The van der Waals surface area contributed by atoms with Crippen LogP contribution in [0.25, 0.3) is 0 Å². The minimum Gasteiger partial charge on any atom is -0.415 e. The molecule has 1 aromatic rings. The number of rotatable bonds is 3. The van der Waals surface area contributed by atoms with E-state index in [1.807, 2.05) is 19.1 Å². The molecule has 0 unspecified atom stereocenters. The smallest absolute Gasteiger partial charge is 0.258 e. The number of benzene rings is 1. The molecule has 0 atom stereocenters. The molecule has 0 radical (unpaired) electrons. The van der Waals surface area contributed by atoms with Crippen molar-refractivity contribution in [3.63, 3.8) is 0 Å². The standard InChI is InChI=1S/C11H13BrN2O2/c1-7-3-4-9(8(5-7)6-15-2)10(13)16-11(12)14/h3-5,13-14H,6H2,1-2H3. The van der Waals surface area contributed by atoms with Crippen LogP contribution < -0.4 is 0 Å². The average molecular weight is 285 g/mol. The van der Waals surface area contributed by atoms with Crippen LogP contribution in [0.15, 0.2) is 18.2 Å². The van der Waals surface area contributed by atoms with Gasteiger partial charge in [0.25, 0.3) is 4.81 Å². The first-order valence-electron chi connectivity index (χ1n) is 4.64. The van der Waals surface area contributed by atoms with Gasteiger partial charge in [0.2, 0.25) is 5.90 Å². The maximum atomic E-state index is 7.70. The SMILES string of the molecule is COCc1cc(C)ccc1C(=N)OC(=N)Br. The summed E-state index contributed by atoms with van der Waals surface area (Å²) in [4.78, 5) is -0.179. The number of halogens is 1. The van der Waals surface area contributed by atoms with Gasteiger partial charge in [0.15, 0.2) is 0 Å².